The number of pyridine rings is 1. The van der Waals surface area contributed by atoms with Gasteiger partial charge in [0.2, 0.25) is 0 Å². The molecule has 0 N–H and O–H groups in total. The van der Waals surface area contributed by atoms with Gasteiger partial charge in [0.05, 0.1) is 5.52 Å². The summed E-state index contributed by atoms with van der Waals surface area (Å²) in [4.78, 5) is 4.36. The molecule has 2 aromatic rings. The highest BCUT2D eigenvalue weighted by atomic mass is 79.9. The molecule has 66 valence electrons. The van der Waals surface area contributed by atoms with Gasteiger partial charge < -0.3 is 0 Å². The van der Waals surface area contributed by atoms with Crippen molar-refractivity contribution in [1.29, 1.82) is 0 Å². The second-order valence-electron chi connectivity index (χ2n) is 2.94. The number of nitrogens with zero attached hydrogens (tertiary/aromatic N) is 1. The molecule has 0 bridgehead atoms. The van der Waals surface area contributed by atoms with Crippen molar-refractivity contribution in [2.75, 3.05) is 0 Å². The molecule has 0 aliphatic rings. The first-order valence-corrected chi connectivity index (χ1v) is 5.47. The van der Waals surface area contributed by atoms with Gasteiger partial charge in [-0.15, -0.1) is 0 Å². The molecule has 0 fully saturated rings. The van der Waals surface area contributed by atoms with Crippen molar-refractivity contribution in [1.82, 2.24) is 4.98 Å². The molecule has 0 saturated carbocycles. The Hall–Kier alpha value is -0.410. The fourth-order valence-corrected chi connectivity index (χ4v) is 2.14. The smallest absolute Gasteiger partial charge is 0.0855 e. The topological polar surface area (TPSA) is 12.9 Å². The van der Waals surface area contributed by atoms with Gasteiger partial charge in [-0.2, -0.15) is 0 Å². The van der Waals surface area contributed by atoms with E-state index in [0.717, 1.165) is 19.8 Å². The molecule has 1 heterocycles. The number of halogens is 2. The Morgan fingerprint density at radius 3 is 2.62 bits per heavy atom. The summed E-state index contributed by atoms with van der Waals surface area (Å²) in [5, 5.41) is 1.15. The van der Waals surface area contributed by atoms with Crippen molar-refractivity contribution in [3.8, 4) is 0 Å². The summed E-state index contributed by atoms with van der Waals surface area (Å²) in [6, 6.07) is 6.14. The lowest BCUT2D eigenvalue weighted by atomic mass is 10.2. The Morgan fingerprint density at radius 1 is 1.15 bits per heavy atom. The second kappa shape index (κ2) is 3.39. The molecule has 0 atom stereocenters. The van der Waals surface area contributed by atoms with E-state index in [0.29, 0.717) is 0 Å². The maximum Gasteiger partial charge on any atom is 0.0855 e. The summed E-state index contributed by atoms with van der Waals surface area (Å²) >= 11 is 6.98. The lowest BCUT2D eigenvalue weighted by Gasteiger charge is -2.02. The fourth-order valence-electron chi connectivity index (χ4n) is 1.26. The highest BCUT2D eigenvalue weighted by molar-refractivity contribution is 9.11. The van der Waals surface area contributed by atoms with E-state index in [2.05, 4.69) is 42.9 Å². The van der Waals surface area contributed by atoms with Crippen LogP contribution in [0.5, 0.6) is 0 Å². The third-order valence-corrected chi connectivity index (χ3v) is 3.22. The van der Waals surface area contributed by atoms with E-state index < -0.39 is 0 Å². The Bertz CT molecular complexity index is 466. The van der Waals surface area contributed by atoms with Crippen molar-refractivity contribution >= 4 is 42.8 Å². The number of hydrogen-bond acceptors (Lipinski definition) is 1. The zero-order valence-electron chi connectivity index (χ0n) is 7.01. The zero-order chi connectivity index (χ0) is 9.42. The van der Waals surface area contributed by atoms with E-state index >= 15 is 0 Å². The first kappa shape index (κ1) is 9.16. The molecule has 0 amide bonds. The molecular formula is C10H7Br2N. The first-order valence-electron chi connectivity index (χ1n) is 3.89. The van der Waals surface area contributed by atoms with Gasteiger partial charge in [-0.05, 0) is 46.6 Å². The number of fused-ring (bicyclic) bond motifs is 1. The molecule has 1 nitrogen and oxygen atoms in total. The van der Waals surface area contributed by atoms with Crippen LogP contribution in [0.2, 0.25) is 0 Å². The van der Waals surface area contributed by atoms with Gasteiger partial charge in [-0.3, -0.25) is 4.98 Å². The van der Waals surface area contributed by atoms with Gasteiger partial charge >= 0.3 is 0 Å². The van der Waals surface area contributed by atoms with E-state index in [1.165, 1.54) is 5.56 Å². The molecule has 0 unspecified atom stereocenters. The summed E-state index contributed by atoms with van der Waals surface area (Å²) in [5.41, 5.74) is 2.17. The molecule has 0 aliphatic carbocycles. The Balaban J connectivity index is 2.92. The van der Waals surface area contributed by atoms with Crippen LogP contribution in [0.1, 0.15) is 5.56 Å². The minimum atomic E-state index is 1.000. The van der Waals surface area contributed by atoms with Crippen LogP contribution in [-0.2, 0) is 0 Å². The van der Waals surface area contributed by atoms with Gasteiger partial charge in [0, 0.05) is 20.5 Å². The summed E-state index contributed by atoms with van der Waals surface area (Å²) < 4.78 is 2.12. The summed E-state index contributed by atoms with van der Waals surface area (Å²) in [5.74, 6) is 0. The van der Waals surface area contributed by atoms with Crippen molar-refractivity contribution < 1.29 is 0 Å². The molecule has 0 radical (unpaired) electrons. The number of aromatic nitrogens is 1. The third-order valence-electron chi connectivity index (χ3n) is 1.88. The van der Waals surface area contributed by atoms with Crippen LogP contribution >= 0.6 is 31.9 Å². The Kier molecular flexibility index (Phi) is 2.39. The van der Waals surface area contributed by atoms with Crippen molar-refractivity contribution in [2.24, 2.45) is 0 Å². The molecular weight excluding hydrogens is 294 g/mol. The normalized spacial score (nSPS) is 10.7. The maximum atomic E-state index is 4.36. The molecule has 13 heavy (non-hydrogen) atoms. The zero-order valence-corrected chi connectivity index (χ0v) is 10.2. The molecule has 1 aromatic carbocycles. The quantitative estimate of drug-likeness (QED) is 0.715. The average molecular weight is 301 g/mol. The molecule has 1 aromatic heterocycles. The number of rotatable bonds is 0. The second-order valence-corrected chi connectivity index (χ2v) is 4.65. The van der Waals surface area contributed by atoms with Crippen molar-refractivity contribution in [2.45, 2.75) is 6.92 Å². The van der Waals surface area contributed by atoms with E-state index in [1.807, 2.05) is 25.3 Å². The van der Waals surface area contributed by atoms with E-state index in [4.69, 9.17) is 0 Å². The first-order chi connectivity index (χ1) is 6.18. The summed E-state index contributed by atoms with van der Waals surface area (Å²) in [6.45, 7) is 2.04. The lowest BCUT2D eigenvalue weighted by molar-refractivity contribution is 1.32. The largest absolute Gasteiger partial charge is 0.255 e. The van der Waals surface area contributed by atoms with Crippen LogP contribution in [-0.4, -0.2) is 4.98 Å². The molecule has 3 heteroatoms. The predicted octanol–water partition coefficient (Wildman–Crippen LogP) is 4.07. The van der Waals surface area contributed by atoms with E-state index in [-0.39, 0.29) is 0 Å². The van der Waals surface area contributed by atoms with Gasteiger partial charge in [0.15, 0.2) is 0 Å². The number of aryl methyl sites for hydroxylation is 1. The predicted molar refractivity (Wildman–Crippen MR) is 61.9 cm³/mol. The highest BCUT2D eigenvalue weighted by Crippen LogP contribution is 2.28. The standard InChI is InChI=1S/C10H7Br2N/c1-6-4-7-8(11)2-3-9(12)10(7)13-5-6/h2-5H,1H3. The molecule has 0 aliphatic heterocycles. The minimum Gasteiger partial charge on any atom is -0.255 e. The van der Waals surface area contributed by atoms with Gasteiger partial charge in [0.25, 0.3) is 0 Å². The minimum absolute atomic E-state index is 1.000. The fraction of sp³-hybridized carbons (Fsp3) is 0.100. The molecule has 0 spiro atoms. The van der Waals surface area contributed by atoms with Crippen LogP contribution in [0.4, 0.5) is 0 Å². The van der Waals surface area contributed by atoms with Crippen molar-refractivity contribution in [3.63, 3.8) is 0 Å². The maximum absolute atomic E-state index is 4.36. The molecule has 2 rings (SSSR count). The van der Waals surface area contributed by atoms with Crippen LogP contribution in [0.15, 0.2) is 33.3 Å². The Morgan fingerprint density at radius 2 is 1.85 bits per heavy atom. The van der Waals surface area contributed by atoms with Crippen LogP contribution in [0, 0.1) is 6.92 Å². The van der Waals surface area contributed by atoms with Crippen molar-refractivity contribution in [3.05, 3.63) is 38.9 Å². The summed E-state index contributed by atoms with van der Waals surface area (Å²) in [7, 11) is 0. The summed E-state index contributed by atoms with van der Waals surface area (Å²) in [6.07, 6.45) is 1.87. The van der Waals surface area contributed by atoms with Crippen LogP contribution in [0.25, 0.3) is 10.9 Å². The van der Waals surface area contributed by atoms with Crippen LogP contribution in [0.3, 0.4) is 0 Å². The van der Waals surface area contributed by atoms with Gasteiger partial charge in [-0.1, -0.05) is 15.9 Å². The molecule has 0 saturated heterocycles. The lowest BCUT2D eigenvalue weighted by Crippen LogP contribution is -1.83. The van der Waals surface area contributed by atoms with E-state index in [9.17, 15) is 0 Å². The highest BCUT2D eigenvalue weighted by Gasteiger charge is 2.03. The third kappa shape index (κ3) is 1.63. The Labute approximate surface area is 93.4 Å². The number of hydrogen-bond donors (Lipinski definition) is 0. The SMILES string of the molecule is Cc1cnc2c(Br)ccc(Br)c2c1. The van der Waals surface area contributed by atoms with Gasteiger partial charge in [-0.25, -0.2) is 0 Å². The monoisotopic (exact) mass is 299 g/mol. The van der Waals surface area contributed by atoms with Gasteiger partial charge in [0.1, 0.15) is 0 Å². The number of benzene rings is 1. The van der Waals surface area contributed by atoms with Crippen LogP contribution < -0.4 is 0 Å². The average Bonchev–Trinajstić information content (AvgIpc) is 2.12. The van der Waals surface area contributed by atoms with E-state index in [1.54, 1.807) is 0 Å².